The maximum absolute atomic E-state index is 13.5. The van der Waals surface area contributed by atoms with Gasteiger partial charge in [0.15, 0.2) is 0 Å². The molecule has 4 atom stereocenters. The summed E-state index contributed by atoms with van der Waals surface area (Å²) in [7, 11) is 1.16. The number of alkyl carbamates (subject to hydrolysis) is 2. The third-order valence-electron chi connectivity index (χ3n) is 6.37. The lowest BCUT2D eigenvalue weighted by Crippen LogP contribution is -2.50. The average Bonchev–Trinajstić information content (AvgIpc) is 2.77. The first-order valence-electron chi connectivity index (χ1n) is 13.6. The van der Waals surface area contributed by atoms with Crippen LogP contribution >= 0.6 is 0 Å². The number of halogens is 4. The molecule has 2 amide bonds. The van der Waals surface area contributed by atoms with Gasteiger partial charge in [0.2, 0.25) is 11.8 Å². The largest absolute Gasteiger partial charge is 0.480 e. The fourth-order valence-corrected chi connectivity index (χ4v) is 4.74. The number of methoxy groups -OCH3 is 1. The van der Waals surface area contributed by atoms with Crippen molar-refractivity contribution in [3.8, 4) is 0 Å². The van der Waals surface area contributed by atoms with Crippen molar-refractivity contribution >= 4 is 24.1 Å². The van der Waals surface area contributed by atoms with Crippen LogP contribution in [0.5, 0.6) is 0 Å². The number of carbonyl (C=O) groups is 4. The molecule has 0 saturated heterocycles. The number of hydrogen-bond acceptors (Lipinski definition) is 7. The summed E-state index contributed by atoms with van der Waals surface area (Å²) in [5.74, 6) is -9.18. The Kier molecular flexibility index (Phi) is 12.7. The third-order valence-corrected chi connectivity index (χ3v) is 6.37. The highest BCUT2D eigenvalue weighted by atomic mass is 19.3. The smallest absolute Gasteiger partial charge is 0.408 e. The number of amides is 2. The molecule has 10 nitrogen and oxygen atoms in total. The second-order valence-electron chi connectivity index (χ2n) is 12.5. The summed E-state index contributed by atoms with van der Waals surface area (Å²) < 4.78 is 68.3. The molecule has 2 aliphatic rings. The number of aliphatic carboxylic acids is 1. The van der Waals surface area contributed by atoms with Crippen LogP contribution in [0.2, 0.25) is 0 Å². The first-order valence-corrected chi connectivity index (χ1v) is 13.6. The van der Waals surface area contributed by atoms with E-state index < -0.39 is 83.9 Å². The van der Waals surface area contributed by atoms with Crippen LogP contribution < -0.4 is 10.6 Å². The Morgan fingerprint density at radius 2 is 1.12 bits per heavy atom. The van der Waals surface area contributed by atoms with Gasteiger partial charge in [0.25, 0.3) is 0 Å². The Bertz CT molecular complexity index is 918. The zero-order valence-electron chi connectivity index (χ0n) is 24.8. The van der Waals surface area contributed by atoms with Crippen molar-refractivity contribution in [2.75, 3.05) is 7.11 Å². The van der Waals surface area contributed by atoms with Crippen molar-refractivity contribution in [3.05, 3.63) is 0 Å². The molecule has 2 fully saturated rings. The summed E-state index contributed by atoms with van der Waals surface area (Å²) in [4.78, 5) is 46.3. The number of nitrogens with one attached hydrogen (secondary N) is 2. The lowest BCUT2D eigenvalue weighted by molar-refractivity contribution is -0.147. The third kappa shape index (κ3) is 14.1. The molecule has 41 heavy (non-hydrogen) atoms. The Morgan fingerprint density at radius 3 is 1.44 bits per heavy atom. The molecule has 238 valence electrons. The predicted octanol–water partition coefficient (Wildman–Crippen LogP) is 5.67. The quantitative estimate of drug-likeness (QED) is 0.201. The normalized spacial score (nSPS) is 23.4. The fraction of sp³-hybridized carbons (Fsp3) is 0.852. The van der Waals surface area contributed by atoms with Crippen LogP contribution in [0, 0.1) is 11.8 Å². The highest BCUT2D eigenvalue weighted by Crippen LogP contribution is 2.39. The van der Waals surface area contributed by atoms with Crippen LogP contribution in [0.15, 0.2) is 0 Å². The molecule has 2 rings (SSSR count). The molecule has 0 heterocycles. The van der Waals surface area contributed by atoms with E-state index in [0.717, 1.165) is 7.11 Å². The lowest BCUT2D eigenvalue weighted by Gasteiger charge is -2.33. The van der Waals surface area contributed by atoms with Gasteiger partial charge in [-0.2, -0.15) is 0 Å². The molecule has 3 N–H and O–H groups in total. The number of rotatable bonds is 6. The highest BCUT2D eigenvalue weighted by Gasteiger charge is 2.44. The minimum atomic E-state index is -2.87. The Balaban J connectivity index is 0.000000410. The molecule has 0 bridgehead atoms. The van der Waals surface area contributed by atoms with E-state index in [1.165, 1.54) is 0 Å². The van der Waals surface area contributed by atoms with Crippen molar-refractivity contribution in [1.29, 1.82) is 0 Å². The predicted molar refractivity (Wildman–Crippen MR) is 140 cm³/mol. The maximum Gasteiger partial charge on any atom is 0.408 e. The van der Waals surface area contributed by atoms with Gasteiger partial charge in [-0.3, -0.25) is 0 Å². The number of ether oxygens (including phenoxy) is 3. The van der Waals surface area contributed by atoms with Crippen LogP contribution in [-0.2, 0) is 23.8 Å². The van der Waals surface area contributed by atoms with Gasteiger partial charge in [-0.25, -0.2) is 36.7 Å². The van der Waals surface area contributed by atoms with Gasteiger partial charge >= 0.3 is 24.1 Å². The summed E-state index contributed by atoms with van der Waals surface area (Å²) in [6, 6.07) is -2.47. The molecular weight excluding hydrogens is 556 g/mol. The first kappa shape index (κ1) is 36.2. The number of alkyl halides is 4. The van der Waals surface area contributed by atoms with Crippen molar-refractivity contribution in [1.82, 2.24) is 10.6 Å². The van der Waals surface area contributed by atoms with Crippen molar-refractivity contribution in [2.45, 2.75) is 128 Å². The number of carbonyl (C=O) groups excluding carboxylic acids is 3. The molecule has 0 spiro atoms. The van der Waals surface area contributed by atoms with Gasteiger partial charge in [-0.05, 0) is 79.1 Å². The van der Waals surface area contributed by atoms with Crippen molar-refractivity contribution in [2.24, 2.45) is 11.8 Å². The number of esters is 1. The molecule has 0 unspecified atom stereocenters. The van der Waals surface area contributed by atoms with E-state index in [9.17, 15) is 36.7 Å². The van der Waals surface area contributed by atoms with Gasteiger partial charge in [0, 0.05) is 25.7 Å². The maximum atomic E-state index is 13.5. The summed E-state index contributed by atoms with van der Waals surface area (Å²) in [6.45, 7) is 9.93. The summed E-state index contributed by atoms with van der Waals surface area (Å²) in [5.41, 5.74) is -1.51. The van der Waals surface area contributed by atoms with E-state index in [2.05, 4.69) is 15.4 Å². The lowest BCUT2D eigenvalue weighted by atomic mass is 9.81. The van der Waals surface area contributed by atoms with Gasteiger partial charge in [-0.15, -0.1) is 0 Å². The van der Waals surface area contributed by atoms with E-state index in [0.29, 0.717) is 19.3 Å². The summed E-state index contributed by atoms with van der Waals surface area (Å²) in [6.07, 6.45) is -1.77. The molecule has 0 radical (unpaired) electrons. The van der Waals surface area contributed by atoms with Gasteiger partial charge in [0.05, 0.1) is 7.11 Å². The monoisotopic (exact) mass is 600 g/mol. The highest BCUT2D eigenvalue weighted by molar-refractivity contribution is 5.82. The van der Waals surface area contributed by atoms with Crippen molar-refractivity contribution in [3.63, 3.8) is 0 Å². The first-order chi connectivity index (χ1) is 18.5. The van der Waals surface area contributed by atoms with Gasteiger partial charge in [-0.1, -0.05) is 0 Å². The van der Waals surface area contributed by atoms with E-state index in [4.69, 9.17) is 14.6 Å². The number of carboxylic acids is 1. The molecule has 2 aliphatic carbocycles. The Morgan fingerprint density at radius 1 is 0.756 bits per heavy atom. The van der Waals surface area contributed by atoms with Crippen LogP contribution in [0.3, 0.4) is 0 Å². The van der Waals surface area contributed by atoms with E-state index >= 15 is 0 Å². The van der Waals surface area contributed by atoms with Crippen LogP contribution in [0.1, 0.15) is 92.9 Å². The fourth-order valence-electron chi connectivity index (χ4n) is 4.74. The zero-order valence-corrected chi connectivity index (χ0v) is 24.8. The summed E-state index contributed by atoms with van der Waals surface area (Å²) >= 11 is 0. The van der Waals surface area contributed by atoms with Crippen LogP contribution in [-0.4, -0.2) is 71.5 Å². The molecule has 0 aromatic rings. The second kappa shape index (κ2) is 14.4. The minimum Gasteiger partial charge on any atom is -0.480 e. The average molecular weight is 601 g/mol. The number of carboxylic acid groups (broad SMARTS) is 1. The molecule has 0 aliphatic heterocycles. The van der Waals surface area contributed by atoms with Gasteiger partial charge in [0.1, 0.15) is 23.3 Å². The molecular formula is C27H44F4N2O8. The Hall–Kier alpha value is -2.80. The summed E-state index contributed by atoms with van der Waals surface area (Å²) in [5, 5.41) is 13.7. The SMILES string of the molecule is CC(C)(C)OC(=O)N[C@H](C(=O)O)[C@H]1CCCC(F)(F)C1.COC(=O)[C@@H](NC(=O)OC(C)(C)C)[C@H]1CCCC(F)(F)C1. The topological polar surface area (TPSA) is 140 Å². The minimum absolute atomic E-state index is 0.191. The van der Waals surface area contributed by atoms with Crippen LogP contribution in [0.4, 0.5) is 27.2 Å². The molecule has 2 saturated carbocycles. The molecule has 0 aromatic carbocycles. The zero-order chi connectivity index (χ0) is 31.8. The second-order valence-corrected chi connectivity index (χ2v) is 12.5. The number of hydrogen-bond donors (Lipinski definition) is 3. The van der Waals surface area contributed by atoms with E-state index in [1.54, 1.807) is 41.5 Å². The molecule has 0 aromatic heterocycles. The van der Waals surface area contributed by atoms with Gasteiger partial charge < -0.3 is 30.0 Å². The van der Waals surface area contributed by atoms with Crippen molar-refractivity contribution < 1.29 is 56.1 Å². The Labute approximate surface area is 238 Å². The van der Waals surface area contributed by atoms with E-state index in [-0.39, 0.29) is 19.3 Å². The molecule has 14 heteroatoms. The van der Waals surface area contributed by atoms with Crippen LogP contribution in [0.25, 0.3) is 0 Å². The van der Waals surface area contributed by atoms with E-state index in [1.807, 2.05) is 0 Å². The standard InChI is InChI=1S/C14H23F2NO4.C13H21F2NO4/c1-13(2,3)21-12(19)17-10(11(18)20-4)9-6-5-7-14(15,16)8-9;1-12(2,3)20-11(19)16-9(10(17)18)8-5-4-6-13(14,15)7-8/h9-10H,5-8H2,1-4H3,(H,17,19);8-9H,4-7H2,1-3H3,(H,16,19)(H,17,18)/t9-,10-;8-,9-/m00/s1.